The van der Waals surface area contributed by atoms with Gasteiger partial charge in [-0.05, 0) is 32.4 Å². The Balaban J connectivity index is 1.69. The van der Waals surface area contributed by atoms with Crippen LogP contribution in [0.5, 0.6) is 0 Å². The Morgan fingerprint density at radius 3 is 2.24 bits per heavy atom. The lowest BCUT2D eigenvalue weighted by Gasteiger charge is -2.37. The average molecular weight is 633 g/mol. The molecule has 2 aliphatic heterocycles. The summed E-state index contributed by atoms with van der Waals surface area (Å²) in [6.45, 7) is 6.31. The zero-order chi connectivity index (χ0) is 30.6. The van der Waals surface area contributed by atoms with Crippen LogP contribution in [-0.4, -0.2) is 75.6 Å². The summed E-state index contributed by atoms with van der Waals surface area (Å²) in [5.41, 5.74) is -0.470. The molecule has 0 bridgehead atoms. The number of hydrogen-bond acceptors (Lipinski definition) is 8. The van der Waals surface area contributed by atoms with E-state index < -0.39 is 23.3 Å². The number of aryl methyl sites for hydroxylation is 1. The number of aliphatic carboxylic acids is 2. The normalized spacial score (nSPS) is 18.1. The van der Waals surface area contributed by atoms with Gasteiger partial charge >= 0.3 is 11.9 Å². The molecule has 1 unspecified atom stereocenters. The highest BCUT2D eigenvalue weighted by Gasteiger charge is 2.41. The summed E-state index contributed by atoms with van der Waals surface area (Å²) in [7, 11) is 0. The van der Waals surface area contributed by atoms with Gasteiger partial charge in [0.25, 0.3) is 0 Å². The Morgan fingerprint density at radius 2 is 1.69 bits per heavy atom. The lowest BCUT2D eigenvalue weighted by Crippen LogP contribution is -2.51. The summed E-state index contributed by atoms with van der Waals surface area (Å²) >= 11 is 14.4. The van der Waals surface area contributed by atoms with E-state index in [0.717, 1.165) is 5.01 Å². The maximum absolute atomic E-state index is 13.5. The van der Waals surface area contributed by atoms with E-state index in [1.807, 2.05) is 19.2 Å². The fourth-order valence-electron chi connectivity index (χ4n) is 5.35. The molecule has 1 aromatic carbocycles. The quantitative estimate of drug-likeness (QED) is 0.344. The van der Waals surface area contributed by atoms with Crippen molar-refractivity contribution in [2.24, 2.45) is 5.41 Å². The van der Waals surface area contributed by atoms with Crippen molar-refractivity contribution in [1.29, 1.82) is 5.26 Å². The molecule has 0 aliphatic carbocycles. The van der Waals surface area contributed by atoms with Crippen LogP contribution >= 0.6 is 34.5 Å². The number of hydrogen-bond donors (Lipinski definition) is 3. The summed E-state index contributed by atoms with van der Waals surface area (Å²) in [6.07, 6.45) is 1.99. The second kappa shape index (κ2) is 13.3. The number of allylic oxidation sites excluding steroid dienone is 1. The maximum Gasteiger partial charge on any atom is 0.334 e. The minimum absolute atomic E-state index is 0.0978. The summed E-state index contributed by atoms with van der Waals surface area (Å²) in [5, 5.41) is 36.0. The number of nitrogens with zero attached hydrogens (tertiary/aromatic N) is 4. The third kappa shape index (κ3) is 7.13. The minimum Gasteiger partial charge on any atom is -0.478 e. The molecule has 13 heteroatoms. The molecule has 4 rings (SSSR count). The lowest BCUT2D eigenvalue weighted by atomic mass is 9.79. The van der Waals surface area contributed by atoms with Crippen molar-refractivity contribution in [1.82, 2.24) is 20.1 Å². The summed E-state index contributed by atoms with van der Waals surface area (Å²) in [5.74, 6) is -4.31. The summed E-state index contributed by atoms with van der Waals surface area (Å²) < 4.78 is 0. The fraction of sp³-hybridized carbons (Fsp3) is 0.414. The number of dihydropyridines is 1. The van der Waals surface area contributed by atoms with E-state index >= 15 is 0 Å². The number of carbonyl (C=O) groups excluding carboxylic acids is 1. The van der Waals surface area contributed by atoms with Gasteiger partial charge in [0.15, 0.2) is 0 Å². The van der Waals surface area contributed by atoms with Crippen LogP contribution in [0.1, 0.15) is 43.2 Å². The van der Waals surface area contributed by atoms with Crippen LogP contribution in [0.3, 0.4) is 0 Å². The molecule has 1 atom stereocenters. The Morgan fingerprint density at radius 1 is 1.07 bits per heavy atom. The number of nitrogens with one attached hydrogen (secondary N) is 1. The van der Waals surface area contributed by atoms with Gasteiger partial charge in [-0.25, -0.2) is 14.6 Å². The van der Waals surface area contributed by atoms with Crippen molar-refractivity contribution in [2.45, 2.75) is 39.0 Å². The largest absolute Gasteiger partial charge is 0.478 e. The van der Waals surface area contributed by atoms with Crippen LogP contribution in [0.2, 0.25) is 10.0 Å². The number of piperazine rings is 1. The Hall–Kier alpha value is -3.43. The van der Waals surface area contributed by atoms with Crippen molar-refractivity contribution in [3.05, 3.63) is 72.9 Å². The molecule has 1 aromatic heterocycles. The molecular weight excluding hydrogens is 601 g/mol. The van der Waals surface area contributed by atoms with Crippen molar-refractivity contribution in [3.8, 4) is 6.07 Å². The Labute approximate surface area is 257 Å². The smallest absolute Gasteiger partial charge is 0.334 e. The number of carbonyl (C=O) groups is 3. The molecule has 222 valence electrons. The Bertz CT molecular complexity index is 1450. The van der Waals surface area contributed by atoms with E-state index in [1.165, 1.54) is 23.5 Å². The number of amides is 1. The number of nitriles is 1. The standard InChI is InChI=1S/C29H31Cl2N5O5S/c1-29(2,15-32)16-35-9-11-36(12-10-35)22(37)14-20-25(28(40)41)26(23-17(30)4-3-5-18(23)31)24(27(38)39)19(34-20)6-7-21-33-8-13-42-21/h3-5,8,13,26,34H,6-7,9-12,14,16H2,1-2H3,(H,38,39)(H,40,41). The molecule has 1 amide bonds. The highest BCUT2D eigenvalue weighted by molar-refractivity contribution is 7.09. The SMILES string of the molecule is CC(C)(C#N)CN1CCN(C(=O)CC2=C(C(=O)O)C(c3c(Cl)cccc3Cl)C(C(=O)O)=C(CCc3nccs3)N2)CC1. The zero-order valence-electron chi connectivity index (χ0n) is 23.2. The molecule has 1 saturated heterocycles. The predicted octanol–water partition coefficient (Wildman–Crippen LogP) is 4.53. The van der Waals surface area contributed by atoms with E-state index in [2.05, 4.69) is 21.3 Å². The van der Waals surface area contributed by atoms with E-state index in [1.54, 1.807) is 17.2 Å². The molecule has 3 N–H and O–H groups in total. The minimum atomic E-state index is -1.38. The molecule has 1 fully saturated rings. The Kier molecular flexibility index (Phi) is 9.94. The topological polar surface area (TPSA) is 147 Å². The molecule has 10 nitrogen and oxygen atoms in total. The van der Waals surface area contributed by atoms with Crippen molar-refractivity contribution in [2.75, 3.05) is 32.7 Å². The first-order valence-electron chi connectivity index (χ1n) is 13.3. The van der Waals surface area contributed by atoms with Crippen LogP contribution < -0.4 is 5.32 Å². The molecule has 42 heavy (non-hydrogen) atoms. The second-order valence-corrected chi connectivity index (χ2v) is 12.6. The average Bonchev–Trinajstić information content (AvgIpc) is 3.45. The second-order valence-electron chi connectivity index (χ2n) is 10.8. The number of carboxylic acid groups (broad SMARTS) is 2. The number of carboxylic acids is 2. The van der Waals surface area contributed by atoms with Crippen LogP contribution in [0.15, 0.2) is 52.3 Å². The fourth-order valence-corrected chi connectivity index (χ4v) is 6.58. The number of halogens is 2. The highest BCUT2D eigenvalue weighted by Crippen LogP contribution is 2.45. The summed E-state index contributed by atoms with van der Waals surface area (Å²) in [4.78, 5) is 47.1. The number of rotatable bonds is 10. The zero-order valence-corrected chi connectivity index (χ0v) is 25.5. The van der Waals surface area contributed by atoms with Crippen LogP contribution in [0.25, 0.3) is 0 Å². The van der Waals surface area contributed by atoms with Gasteiger partial charge in [-0.15, -0.1) is 11.3 Å². The van der Waals surface area contributed by atoms with Crippen LogP contribution in [0.4, 0.5) is 0 Å². The predicted molar refractivity (Wildman–Crippen MR) is 159 cm³/mol. The molecule has 2 aliphatic rings. The molecule has 0 spiro atoms. The van der Waals surface area contributed by atoms with Gasteiger partial charge in [-0.2, -0.15) is 5.26 Å². The van der Waals surface area contributed by atoms with E-state index in [0.29, 0.717) is 39.1 Å². The van der Waals surface area contributed by atoms with Crippen molar-refractivity contribution in [3.63, 3.8) is 0 Å². The molecular formula is C29H31Cl2N5O5S. The van der Waals surface area contributed by atoms with Gasteiger partial charge in [0.1, 0.15) is 0 Å². The molecule has 0 radical (unpaired) electrons. The van der Waals surface area contributed by atoms with Gasteiger partial charge in [0, 0.05) is 77.7 Å². The van der Waals surface area contributed by atoms with Gasteiger partial charge in [-0.3, -0.25) is 9.69 Å². The van der Waals surface area contributed by atoms with E-state index in [-0.39, 0.29) is 56.9 Å². The van der Waals surface area contributed by atoms with Gasteiger partial charge in [-0.1, -0.05) is 29.3 Å². The first-order chi connectivity index (χ1) is 19.9. The lowest BCUT2D eigenvalue weighted by molar-refractivity contribution is -0.133. The number of aromatic nitrogens is 1. The molecule has 2 aromatic rings. The molecule has 0 saturated carbocycles. The van der Waals surface area contributed by atoms with E-state index in [4.69, 9.17) is 23.2 Å². The monoisotopic (exact) mass is 631 g/mol. The third-order valence-electron chi connectivity index (χ3n) is 7.33. The van der Waals surface area contributed by atoms with Crippen molar-refractivity contribution >= 4 is 52.4 Å². The highest BCUT2D eigenvalue weighted by atomic mass is 35.5. The van der Waals surface area contributed by atoms with E-state index in [9.17, 15) is 29.9 Å². The number of thiazole rings is 1. The van der Waals surface area contributed by atoms with Crippen molar-refractivity contribution < 1.29 is 24.6 Å². The van der Waals surface area contributed by atoms with Crippen LogP contribution in [-0.2, 0) is 20.8 Å². The van der Waals surface area contributed by atoms with Gasteiger partial charge in [0.05, 0.1) is 40.0 Å². The third-order valence-corrected chi connectivity index (χ3v) is 8.82. The first-order valence-corrected chi connectivity index (χ1v) is 15.0. The van der Waals surface area contributed by atoms with Crippen LogP contribution in [0, 0.1) is 16.7 Å². The summed E-state index contributed by atoms with van der Waals surface area (Å²) in [6, 6.07) is 6.93. The maximum atomic E-state index is 13.5. The first kappa shape index (κ1) is 31.5. The van der Waals surface area contributed by atoms with Gasteiger partial charge in [0.2, 0.25) is 5.91 Å². The number of benzene rings is 1. The molecule has 3 heterocycles. The van der Waals surface area contributed by atoms with Gasteiger partial charge < -0.3 is 20.4 Å².